The van der Waals surface area contributed by atoms with Gasteiger partial charge in [-0.15, -0.1) is 0 Å². The Balaban J connectivity index is 2.58. The summed E-state index contributed by atoms with van der Waals surface area (Å²) in [7, 11) is 2.21. The lowest BCUT2D eigenvalue weighted by molar-refractivity contribution is 0.220. The molecular formula is C16H30N2O. The van der Waals surface area contributed by atoms with Crippen LogP contribution in [0.3, 0.4) is 0 Å². The summed E-state index contributed by atoms with van der Waals surface area (Å²) in [5, 5.41) is 3.38. The van der Waals surface area contributed by atoms with Gasteiger partial charge in [-0.3, -0.25) is 4.90 Å². The molecule has 0 saturated heterocycles. The zero-order valence-corrected chi connectivity index (χ0v) is 13.3. The largest absolute Gasteiger partial charge is 0.465 e. The van der Waals surface area contributed by atoms with Gasteiger partial charge in [0.1, 0.15) is 11.5 Å². The molecule has 110 valence electrons. The molecule has 1 N–H and O–H groups in total. The number of hydrogen-bond donors (Lipinski definition) is 1. The molecule has 0 radical (unpaired) electrons. The van der Waals surface area contributed by atoms with Crippen LogP contribution in [0.1, 0.15) is 57.1 Å². The fourth-order valence-corrected chi connectivity index (χ4v) is 2.53. The molecule has 19 heavy (non-hydrogen) atoms. The molecule has 0 aromatic carbocycles. The van der Waals surface area contributed by atoms with Crippen molar-refractivity contribution < 1.29 is 4.42 Å². The molecule has 0 unspecified atom stereocenters. The van der Waals surface area contributed by atoms with Gasteiger partial charge in [0, 0.05) is 18.2 Å². The summed E-state index contributed by atoms with van der Waals surface area (Å²) >= 11 is 0. The van der Waals surface area contributed by atoms with Gasteiger partial charge in [0.2, 0.25) is 0 Å². The Hall–Kier alpha value is -0.800. The van der Waals surface area contributed by atoms with Gasteiger partial charge >= 0.3 is 0 Å². The number of nitrogens with one attached hydrogen (secondary N) is 1. The molecule has 0 amide bonds. The molecule has 1 aromatic rings. The first kappa shape index (κ1) is 16.3. The summed E-state index contributed by atoms with van der Waals surface area (Å²) in [6.07, 6.45) is 3.56. The van der Waals surface area contributed by atoms with Gasteiger partial charge in [0.15, 0.2) is 0 Å². The van der Waals surface area contributed by atoms with Gasteiger partial charge in [-0.2, -0.15) is 0 Å². The van der Waals surface area contributed by atoms with Crippen molar-refractivity contribution in [3.63, 3.8) is 0 Å². The number of rotatable bonds is 9. The third-order valence-electron chi connectivity index (χ3n) is 3.78. The highest BCUT2D eigenvalue weighted by Gasteiger charge is 2.14. The molecule has 1 heterocycles. The van der Waals surface area contributed by atoms with Crippen LogP contribution in [0.4, 0.5) is 0 Å². The number of nitrogens with zero attached hydrogens (tertiary/aromatic N) is 1. The number of hydrogen-bond acceptors (Lipinski definition) is 3. The summed E-state index contributed by atoms with van der Waals surface area (Å²) in [6.45, 7) is 11.6. The Morgan fingerprint density at radius 3 is 2.53 bits per heavy atom. The Labute approximate surface area is 118 Å². The van der Waals surface area contributed by atoms with Crippen molar-refractivity contribution in [3.05, 3.63) is 23.2 Å². The minimum atomic E-state index is 0.663. The van der Waals surface area contributed by atoms with Crippen LogP contribution in [0, 0.1) is 6.92 Å². The molecule has 0 saturated carbocycles. The van der Waals surface area contributed by atoms with E-state index in [-0.39, 0.29) is 0 Å². The first-order valence-electron chi connectivity index (χ1n) is 7.61. The summed E-state index contributed by atoms with van der Waals surface area (Å²) < 4.78 is 5.82. The number of aryl methyl sites for hydroxylation is 1. The summed E-state index contributed by atoms with van der Waals surface area (Å²) in [4.78, 5) is 2.43. The molecular weight excluding hydrogens is 236 g/mol. The van der Waals surface area contributed by atoms with Crippen LogP contribution in [0.15, 0.2) is 10.5 Å². The predicted molar refractivity (Wildman–Crippen MR) is 81.3 cm³/mol. The van der Waals surface area contributed by atoms with E-state index >= 15 is 0 Å². The average Bonchev–Trinajstić information content (AvgIpc) is 2.72. The monoisotopic (exact) mass is 266 g/mol. The van der Waals surface area contributed by atoms with Crippen molar-refractivity contribution in [1.29, 1.82) is 0 Å². The molecule has 3 heteroatoms. The topological polar surface area (TPSA) is 28.4 Å². The van der Waals surface area contributed by atoms with Crippen molar-refractivity contribution in [2.75, 3.05) is 13.6 Å². The fraction of sp³-hybridized carbons (Fsp3) is 0.750. The third kappa shape index (κ3) is 5.00. The van der Waals surface area contributed by atoms with Gasteiger partial charge < -0.3 is 9.73 Å². The zero-order valence-electron chi connectivity index (χ0n) is 13.3. The Morgan fingerprint density at radius 2 is 1.95 bits per heavy atom. The maximum atomic E-state index is 5.82. The van der Waals surface area contributed by atoms with Gasteiger partial charge in [0.25, 0.3) is 0 Å². The minimum absolute atomic E-state index is 0.663. The van der Waals surface area contributed by atoms with Crippen LogP contribution < -0.4 is 5.32 Å². The van der Waals surface area contributed by atoms with E-state index in [1.807, 2.05) is 0 Å². The Morgan fingerprint density at radius 1 is 1.26 bits per heavy atom. The quantitative estimate of drug-likeness (QED) is 0.691. The second-order valence-corrected chi connectivity index (χ2v) is 5.36. The smallest absolute Gasteiger partial charge is 0.118 e. The Bertz CT molecular complexity index is 356. The first-order valence-corrected chi connectivity index (χ1v) is 7.61. The van der Waals surface area contributed by atoms with Gasteiger partial charge in [-0.1, -0.05) is 20.8 Å². The first-order chi connectivity index (χ1) is 9.12. The van der Waals surface area contributed by atoms with Crippen LogP contribution in [0.2, 0.25) is 0 Å². The molecule has 0 atom stereocenters. The molecule has 0 bridgehead atoms. The van der Waals surface area contributed by atoms with Crippen LogP contribution in [0.25, 0.3) is 0 Å². The lowest BCUT2D eigenvalue weighted by atomic mass is 10.1. The van der Waals surface area contributed by atoms with Gasteiger partial charge in [0.05, 0.1) is 6.54 Å². The van der Waals surface area contributed by atoms with E-state index in [1.165, 1.54) is 18.4 Å². The van der Waals surface area contributed by atoms with E-state index in [0.29, 0.717) is 6.04 Å². The van der Waals surface area contributed by atoms with Crippen LogP contribution in [-0.4, -0.2) is 24.5 Å². The zero-order chi connectivity index (χ0) is 14.3. The molecule has 0 aliphatic carbocycles. The standard InChI is InChI=1S/C16H30N2O/c1-6-9-17-11-16-10-14(13(4)19-16)12-18(5)15(7-2)8-3/h10,15,17H,6-9,11-12H2,1-5H3. The Kier molecular flexibility index (Phi) is 7.17. The van der Waals surface area contributed by atoms with E-state index < -0.39 is 0 Å². The molecule has 1 aromatic heterocycles. The average molecular weight is 266 g/mol. The molecule has 0 aliphatic heterocycles. The second-order valence-electron chi connectivity index (χ2n) is 5.36. The van der Waals surface area contributed by atoms with Crippen LogP contribution in [0.5, 0.6) is 0 Å². The summed E-state index contributed by atoms with van der Waals surface area (Å²) in [5.41, 5.74) is 1.32. The minimum Gasteiger partial charge on any atom is -0.465 e. The van der Waals surface area contributed by atoms with E-state index in [2.05, 4.69) is 51.0 Å². The maximum absolute atomic E-state index is 5.82. The summed E-state index contributed by atoms with van der Waals surface area (Å²) in [5.74, 6) is 2.12. The van der Waals surface area contributed by atoms with Gasteiger partial charge in [-0.25, -0.2) is 0 Å². The highest BCUT2D eigenvalue weighted by Crippen LogP contribution is 2.18. The lowest BCUT2D eigenvalue weighted by Crippen LogP contribution is -2.30. The SMILES string of the molecule is CCCNCc1cc(CN(C)C(CC)CC)c(C)o1. The van der Waals surface area contributed by atoms with E-state index in [1.54, 1.807) is 0 Å². The lowest BCUT2D eigenvalue weighted by Gasteiger charge is -2.25. The van der Waals surface area contributed by atoms with E-state index in [9.17, 15) is 0 Å². The third-order valence-corrected chi connectivity index (χ3v) is 3.78. The molecule has 0 spiro atoms. The van der Waals surface area contributed by atoms with E-state index in [4.69, 9.17) is 4.42 Å². The highest BCUT2D eigenvalue weighted by atomic mass is 16.3. The molecule has 0 aliphatic rings. The summed E-state index contributed by atoms with van der Waals surface area (Å²) in [6, 6.07) is 2.87. The van der Waals surface area contributed by atoms with Crippen LogP contribution >= 0.6 is 0 Å². The second kappa shape index (κ2) is 8.39. The predicted octanol–water partition coefficient (Wildman–Crippen LogP) is 3.71. The fourth-order valence-electron chi connectivity index (χ4n) is 2.53. The van der Waals surface area contributed by atoms with Crippen LogP contribution in [-0.2, 0) is 13.1 Å². The maximum Gasteiger partial charge on any atom is 0.118 e. The highest BCUT2D eigenvalue weighted by molar-refractivity contribution is 5.20. The van der Waals surface area contributed by atoms with Crippen molar-refractivity contribution in [1.82, 2.24) is 10.2 Å². The molecule has 1 rings (SSSR count). The van der Waals surface area contributed by atoms with Crippen molar-refractivity contribution in [2.45, 2.75) is 66.1 Å². The molecule has 3 nitrogen and oxygen atoms in total. The normalized spacial score (nSPS) is 11.7. The van der Waals surface area contributed by atoms with Crippen molar-refractivity contribution in [3.8, 4) is 0 Å². The molecule has 0 fully saturated rings. The van der Waals surface area contributed by atoms with Crippen molar-refractivity contribution in [2.24, 2.45) is 0 Å². The number of furan rings is 1. The van der Waals surface area contributed by atoms with E-state index in [0.717, 1.165) is 37.6 Å². The van der Waals surface area contributed by atoms with Gasteiger partial charge in [-0.05, 0) is 45.8 Å². The van der Waals surface area contributed by atoms with Crippen molar-refractivity contribution >= 4 is 0 Å².